The molecule has 0 radical (unpaired) electrons. The lowest BCUT2D eigenvalue weighted by molar-refractivity contribution is -0.150. The first-order valence-electron chi connectivity index (χ1n) is 10.3. The molecule has 0 aromatic heterocycles. The minimum absolute atomic E-state index is 0.0642. The standard InChI is InChI=1S/C21H36O2/c1-3-5-10-20-11-14-21(15-12-20,16-13-20)18-8-6-17(7-9-18)19(22)23-4-2/h17-18H,3-16H2,1-2H3. The van der Waals surface area contributed by atoms with Crippen LogP contribution in [0, 0.1) is 22.7 Å². The Morgan fingerprint density at radius 2 is 1.57 bits per heavy atom. The van der Waals surface area contributed by atoms with E-state index in [-0.39, 0.29) is 11.9 Å². The van der Waals surface area contributed by atoms with Crippen molar-refractivity contribution in [3.8, 4) is 0 Å². The van der Waals surface area contributed by atoms with Gasteiger partial charge in [0, 0.05) is 0 Å². The number of hydrogen-bond acceptors (Lipinski definition) is 2. The van der Waals surface area contributed by atoms with E-state index in [4.69, 9.17) is 4.74 Å². The molecule has 0 amide bonds. The van der Waals surface area contributed by atoms with Gasteiger partial charge in [-0.3, -0.25) is 4.79 Å². The van der Waals surface area contributed by atoms with Crippen molar-refractivity contribution in [2.45, 2.75) is 97.3 Å². The van der Waals surface area contributed by atoms with Gasteiger partial charge >= 0.3 is 5.97 Å². The van der Waals surface area contributed by atoms with Crippen LogP contribution in [0.2, 0.25) is 0 Å². The summed E-state index contributed by atoms with van der Waals surface area (Å²) >= 11 is 0. The molecule has 2 heteroatoms. The van der Waals surface area contributed by atoms with Gasteiger partial charge in [0.15, 0.2) is 0 Å². The predicted octanol–water partition coefficient (Wildman–Crippen LogP) is 5.89. The summed E-state index contributed by atoms with van der Waals surface area (Å²) in [7, 11) is 0. The molecule has 4 rings (SSSR count). The van der Waals surface area contributed by atoms with Crippen molar-refractivity contribution in [1.82, 2.24) is 0 Å². The molecule has 4 saturated carbocycles. The number of fused-ring (bicyclic) bond motifs is 3. The molecule has 4 aliphatic rings. The first-order chi connectivity index (χ1) is 11.1. The van der Waals surface area contributed by atoms with Crippen molar-refractivity contribution in [2.75, 3.05) is 6.61 Å². The summed E-state index contributed by atoms with van der Waals surface area (Å²) in [5.74, 6) is 1.14. The third kappa shape index (κ3) is 3.46. The highest BCUT2D eigenvalue weighted by Crippen LogP contribution is 2.63. The summed E-state index contributed by atoms with van der Waals surface area (Å²) in [6.45, 7) is 4.77. The van der Waals surface area contributed by atoms with E-state index in [9.17, 15) is 4.79 Å². The summed E-state index contributed by atoms with van der Waals surface area (Å²) in [6, 6.07) is 0. The van der Waals surface area contributed by atoms with Crippen molar-refractivity contribution in [3.05, 3.63) is 0 Å². The average Bonchev–Trinajstić information content (AvgIpc) is 2.62. The molecule has 4 aliphatic carbocycles. The second kappa shape index (κ2) is 7.15. The van der Waals surface area contributed by atoms with E-state index in [1.54, 1.807) is 0 Å². The Balaban J connectivity index is 1.53. The molecule has 0 N–H and O–H groups in total. The molecule has 0 aromatic carbocycles. The number of rotatable bonds is 6. The van der Waals surface area contributed by atoms with Gasteiger partial charge in [-0.15, -0.1) is 0 Å². The molecule has 0 atom stereocenters. The monoisotopic (exact) mass is 320 g/mol. The normalized spacial score (nSPS) is 40.1. The van der Waals surface area contributed by atoms with Gasteiger partial charge in [-0.25, -0.2) is 0 Å². The first-order valence-corrected chi connectivity index (χ1v) is 10.3. The molecule has 4 fully saturated rings. The summed E-state index contributed by atoms with van der Waals surface area (Å²) in [5.41, 5.74) is 1.37. The van der Waals surface area contributed by atoms with Crippen molar-refractivity contribution in [3.63, 3.8) is 0 Å². The maximum Gasteiger partial charge on any atom is 0.308 e. The number of ether oxygens (including phenoxy) is 1. The summed E-state index contributed by atoms with van der Waals surface area (Å²) in [6.07, 6.45) is 17.9. The van der Waals surface area contributed by atoms with Crippen LogP contribution >= 0.6 is 0 Å². The van der Waals surface area contributed by atoms with Crippen LogP contribution in [0.25, 0.3) is 0 Å². The fourth-order valence-corrected chi connectivity index (χ4v) is 6.03. The van der Waals surface area contributed by atoms with Gasteiger partial charge in [0.2, 0.25) is 0 Å². The lowest BCUT2D eigenvalue weighted by Gasteiger charge is -2.58. The number of unbranched alkanes of at least 4 members (excludes halogenated alkanes) is 1. The van der Waals surface area contributed by atoms with E-state index in [1.165, 1.54) is 70.6 Å². The molecule has 2 bridgehead atoms. The molecule has 0 spiro atoms. The minimum atomic E-state index is 0.0642. The molecule has 0 unspecified atom stereocenters. The van der Waals surface area contributed by atoms with E-state index in [0.29, 0.717) is 12.0 Å². The lowest BCUT2D eigenvalue weighted by Crippen LogP contribution is -2.46. The zero-order chi connectivity index (χ0) is 16.3. The summed E-state index contributed by atoms with van der Waals surface area (Å²) in [4.78, 5) is 12.0. The van der Waals surface area contributed by atoms with Gasteiger partial charge in [0.25, 0.3) is 0 Å². The van der Waals surface area contributed by atoms with Crippen LogP contribution in [-0.2, 0) is 9.53 Å². The Morgan fingerprint density at radius 1 is 0.957 bits per heavy atom. The van der Waals surface area contributed by atoms with Crippen molar-refractivity contribution in [2.24, 2.45) is 22.7 Å². The number of hydrogen-bond donors (Lipinski definition) is 0. The highest BCUT2D eigenvalue weighted by atomic mass is 16.5. The Bertz CT molecular complexity index is 382. The molecular formula is C21H36O2. The van der Waals surface area contributed by atoms with Gasteiger partial charge in [0.05, 0.1) is 12.5 Å². The molecule has 0 saturated heterocycles. The quantitative estimate of drug-likeness (QED) is 0.571. The zero-order valence-electron chi connectivity index (χ0n) is 15.4. The highest BCUT2D eigenvalue weighted by Gasteiger charge is 2.51. The predicted molar refractivity (Wildman–Crippen MR) is 94.2 cm³/mol. The molecular weight excluding hydrogens is 284 g/mol. The SMILES string of the molecule is CCCCC12CCC(C3CCC(C(=O)OCC)CC3)(CC1)CC2. The van der Waals surface area contributed by atoms with Crippen molar-refractivity contribution in [1.29, 1.82) is 0 Å². The molecule has 0 aromatic rings. The third-order valence-electron chi connectivity index (χ3n) is 7.73. The Hall–Kier alpha value is -0.530. The van der Waals surface area contributed by atoms with Crippen LogP contribution in [0.4, 0.5) is 0 Å². The summed E-state index contributed by atoms with van der Waals surface area (Å²) < 4.78 is 5.23. The van der Waals surface area contributed by atoms with Crippen molar-refractivity contribution < 1.29 is 9.53 Å². The van der Waals surface area contributed by atoms with Gasteiger partial charge in [0.1, 0.15) is 0 Å². The third-order valence-corrected chi connectivity index (χ3v) is 7.73. The number of carbonyl (C=O) groups excluding carboxylic acids is 1. The fourth-order valence-electron chi connectivity index (χ4n) is 6.03. The van der Waals surface area contributed by atoms with Crippen LogP contribution in [0.1, 0.15) is 97.3 Å². The second-order valence-electron chi connectivity index (χ2n) is 8.77. The molecule has 132 valence electrons. The maximum atomic E-state index is 12.0. The van der Waals surface area contributed by atoms with E-state index < -0.39 is 0 Å². The van der Waals surface area contributed by atoms with Crippen LogP contribution in [0.15, 0.2) is 0 Å². The van der Waals surface area contributed by atoms with Crippen LogP contribution in [0.5, 0.6) is 0 Å². The largest absolute Gasteiger partial charge is 0.466 e. The first kappa shape index (κ1) is 17.3. The Morgan fingerprint density at radius 3 is 2.09 bits per heavy atom. The smallest absolute Gasteiger partial charge is 0.308 e. The van der Waals surface area contributed by atoms with Crippen molar-refractivity contribution >= 4 is 5.97 Å². The Labute approximate surface area is 142 Å². The highest BCUT2D eigenvalue weighted by molar-refractivity contribution is 5.72. The van der Waals surface area contributed by atoms with Crippen LogP contribution in [0.3, 0.4) is 0 Å². The molecule has 0 heterocycles. The topological polar surface area (TPSA) is 26.3 Å². The van der Waals surface area contributed by atoms with Crippen LogP contribution < -0.4 is 0 Å². The van der Waals surface area contributed by atoms with Crippen LogP contribution in [-0.4, -0.2) is 12.6 Å². The minimum Gasteiger partial charge on any atom is -0.466 e. The average molecular weight is 321 g/mol. The molecule has 23 heavy (non-hydrogen) atoms. The Kier molecular flexibility index (Phi) is 5.38. The molecule has 0 aliphatic heterocycles. The van der Waals surface area contributed by atoms with E-state index >= 15 is 0 Å². The van der Waals surface area contributed by atoms with Gasteiger partial charge in [-0.1, -0.05) is 19.8 Å². The number of carbonyl (C=O) groups is 1. The number of esters is 1. The fraction of sp³-hybridized carbons (Fsp3) is 0.952. The van der Waals surface area contributed by atoms with Gasteiger partial charge < -0.3 is 4.74 Å². The summed E-state index contributed by atoms with van der Waals surface area (Å²) in [5, 5.41) is 0. The van der Waals surface area contributed by atoms with Gasteiger partial charge in [-0.05, 0) is 94.3 Å². The second-order valence-corrected chi connectivity index (χ2v) is 8.77. The lowest BCUT2D eigenvalue weighted by atomic mass is 9.47. The maximum absolute atomic E-state index is 12.0. The van der Waals surface area contributed by atoms with E-state index in [2.05, 4.69) is 6.92 Å². The van der Waals surface area contributed by atoms with E-state index in [1.807, 2.05) is 6.92 Å². The van der Waals surface area contributed by atoms with Gasteiger partial charge in [-0.2, -0.15) is 0 Å². The molecule has 2 nitrogen and oxygen atoms in total. The zero-order valence-corrected chi connectivity index (χ0v) is 15.4. The van der Waals surface area contributed by atoms with E-state index in [0.717, 1.165) is 24.2 Å².